The van der Waals surface area contributed by atoms with Crippen molar-refractivity contribution in [2.45, 2.75) is 12.3 Å². The molecule has 0 fully saturated rings. The van der Waals surface area contributed by atoms with Crippen molar-refractivity contribution in [1.82, 2.24) is 0 Å². The summed E-state index contributed by atoms with van der Waals surface area (Å²) in [7, 11) is -0.959. The van der Waals surface area contributed by atoms with Crippen LogP contribution in [-0.4, -0.2) is 16.6 Å². The van der Waals surface area contributed by atoms with Crippen molar-refractivity contribution in [3.8, 4) is 5.75 Å². The summed E-state index contributed by atoms with van der Waals surface area (Å²) in [4.78, 5) is 0. The number of benzene rings is 2. The topological polar surface area (TPSA) is 52.3 Å². The zero-order valence-corrected chi connectivity index (χ0v) is 13.2. The Hall–Kier alpha value is -1.36. The summed E-state index contributed by atoms with van der Waals surface area (Å²) in [6.45, 7) is 0.848. The molecule has 0 bridgehead atoms. The largest absolute Gasteiger partial charge is 0.492 e. The van der Waals surface area contributed by atoms with Gasteiger partial charge in [0.1, 0.15) is 5.75 Å². The third kappa shape index (κ3) is 5.16. The normalized spacial score (nSPS) is 12.1. The maximum Gasteiger partial charge on any atom is 0.123 e. The van der Waals surface area contributed by atoms with Crippen molar-refractivity contribution >= 4 is 22.4 Å². The molecule has 0 radical (unpaired) electrons. The number of hydrogen-bond donors (Lipinski definition) is 1. The minimum Gasteiger partial charge on any atom is -0.492 e. The molecule has 112 valence electrons. The van der Waals surface area contributed by atoms with E-state index < -0.39 is 10.8 Å². The van der Waals surface area contributed by atoms with Gasteiger partial charge < -0.3 is 10.5 Å². The Labute approximate surface area is 132 Å². The second-order valence-corrected chi connectivity index (χ2v) is 6.59. The predicted molar refractivity (Wildman–Crippen MR) is 88.0 cm³/mol. The van der Waals surface area contributed by atoms with Crippen LogP contribution < -0.4 is 10.5 Å². The molecule has 0 spiro atoms. The second kappa shape index (κ2) is 8.17. The van der Waals surface area contributed by atoms with Crippen LogP contribution in [0.25, 0.3) is 0 Å². The van der Waals surface area contributed by atoms with E-state index in [0.29, 0.717) is 29.7 Å². The van der Waals surface area contributed by atoms with Crippen molar-refractivity contribution in [3.05, 3.63) is 64.7 Å². The summed E-state index contributed by atoms with van der Waals surface area (Å²) in [5.41, 5.74) is 7.62. The highest BCUT2D eigenvalue weighted by atomic mass is 35.5. The third-order valence-corrected chi connectivity index (χ3v) is 4.53. The monoisotopic (exact) mass is 323 g/mol. The van der Waals surface area contributed by atoms with E-state index >= 15 is 0 Å². The van der Waals surface area contributed by atoms with Crippen LogP contribution in [0.3, 0.4) is 0 Å². The van der Waals surface area contributed by atoms with E-state index in [1.165, 1.54) is 0 Å². The molecule has 2 N–H and O–H groups in total. The van der Waals surface area contributed by atoms with Crippen LogP contribution in [0.2, 0.25) is 5.02 Å². The highest BCUT2D eigenvalue weighted by molar-refractivity contribution is 7.84. The number of rotatable bonds is 7. The maximum absolute atomic E-state index is 12.0. The van der Waals surface area contributed by atoms with Gasteiger partial charge in [-0.1, -0.05) is 41.9 Å². The Morgan fingerprint density at radius 1 is 1.10 bits per heavy atom. The van der Waals surface area contributed by atoms with Gasteiger partial charge in [-0.15, -0.1) is 0 Å². The summed E-state index contributed by atoms with van der Waals surface area (Å²) in [5.74, 6) is 1.77. The second-order valence-electron chi connectivity index (χ2n) is 4.58. The number of ether oxygens (including phenoxy) is 1. The van der Waals surface area contributed by atoms with Crippen molar-refractivity contribution in [3.63, 3.8) is 0 Å². The summed E-state index contributed by atoms with van der Waals surface area (Å²) in [5, 5.41) is 0.686. The average molecular weight is 324 g/mol. The molecule has 0 saturated heterocycles. The fourth-order valence-corrected chi connectivity index (χ4v) is 3.00. The van der Waals surface area contributed by atoms with Gasteiger partial charge in [0, 0.05) is 33.7 Å². The van der Waals surface area contributed by atoms with Gasteiger partial charge in [-0.05, 0) is 23.8 Å². The number of halogens is 1. The molecule has 0 heterocycles. The average Bonchev–Trinajstić information content (AvgIpc) is 2.50. The van der Waals surface area contributed by atoms with Crippen LogP contribution in [0.15, 0.2) is 48.5 Å². The third-order valence-electron chi connectivity index (χ3n) is 3.00. The zero-order chi connectivity index (χ0) is 15.1. The highest BCUT2D eigenvalue weighted by Gasteiger charge is 2.05. The zero-order valence-electron chi connectivity index (χ0n) is 11.6. The SMILES string of the molecule is NCc1ccccc1OCCS(=O)Cc1ccc(Cl)cc1. The van der Waals surface area contributed by atoms with Crippen LogP contribution in [0.1, 0.15) is 11.1 Å². The van der Waals surface area contributed by atoms with E-state index in [9.17, 15) is 4.21 Å². The Morgan fingerprint density at radius 3 is 2.52 bits per heavy atom. The van der Waals surface area contributed by atoms with Crippen LogP contribution in [0, 0.1) is 0 Å². The van der Waals surface area contributed by atoms with Gasteiger partial charge in [-0.3, -0.25) is 4.21 Å². The molecule has 1 atom stereocenters. The predicted octanol–water partition coefficient (Wildman–Crippen LogP) is 3.13. The first-order valence-electron chi connectivity index (χ1n) is 6.69. The molecular weight excluding hydrogens is 306 g/mol. The van der Waals surface area contributed by atoms with E-state index in [-0.39, 0.29) is 0 Å². The van der Waals surface area contributed by atoms with Crippen LogP contribution in [0.5, 0.6) is 5.75 Å². The minimum atomic E-state index is -0.959. The van der Waals surface area contributed by atoms with Crippen LogP contribution in [-0.2, 0) is 23.1 Å². The minimum absolute atomic E-state index is 0.414. The number of para-hydroxylation sites is 1. The smallest absolute Gasteiger partial charge is 0.123 e. The molecule has 0 amide bonds. The fourth-order valence-electron chi connectivity index (χ4n) is 1.90. The molecule has 2 aromatic rings. The van der Waals surface area contributed by atoms with Gasteiger partial charge in [0.05, 0.1) is 12.4 Å². The van der Waals surface area contributed by atoms with Gasteiger partial charge >= 0.3 is 0 Å². The van der Waals surface area contributed by atoms with E-state index in [1.54, 1.807) is 0 Å². The highest BCUT2D eigenvalue weighted by Crippen LogP contribution is 2.17. The molecule has 3 nitrogen and oxygen atoms in total. The molecule has 0 aromatic heterocycles. The van der Waals surface area contributed by atoms with Gasteiger partial charge in [0.25, 0.3) is 0 Å². The van der Waals surface area contributed by atoms with Gasteiger partial charge in [0.15, 0.2) is 0 Å². The van der Waals surface area contributed by atoms with Crippen LogP contribution >= 0.6 is 11.6 Å². The van der Waals surface area contributed by atoms with E-state index in [2.05, 4.69) is 0 Å². The molecule has 0 saturated carbocycles. The van der Waals surface area contributed by atoms with Crippen LogP contribution in [0.4, 0.5) is 0 Å². The number of nitrogens with two attached hydrogens (primary N) is 1. The van der Waals surface area contributed by atoms with Crippen molar-refractivity contribution in [2.75, 3.05) is 12.4 Å². The van der Waals surface area contributed by atoms with Gasteiger partial charge in [-0.2, -0.15) is 0 Å². The van der Waals surface area contributed by atoms with Crippen molar-refractivity contribution in [1.29, 1.82) is 0 Å². The summed E-state index contributed by atoms with van der Waals surface area (Å²) >= 11 is 5.82. The lowest BCUT2D eigenvalue weighted by Gasteiger charge is -2.10. The molecule has 2 rings (SSSR count). The maximum atomic E-state index is 12.0. The first kappa shape index (κ1) is 16.0. The first-order chi connectivity index (χ1) is 10.2. The molecular formula is C16H18ClNO2S. The number of hydrogen-bond acceptors (Lipinski definition) is 3. The van der Waals surface area contributed by atoms with E-state index in [0.717, 1.165) is 16.9 Å². The molecule has 1 unspecified atom stereocenters. The summed E-state index contributed by atoms with van der Waals surface area (Å²) in [6, 6.07) is 15.0. The van der Waals surface area contributed by atoms with Crippen molar-refractivity contribution in [2.24, 2.45) is 5.73 Å². The van der Waals surface area contributed by atoms with E-state index in [4.69, 9.17) is 22.1 Å². The molecule has 5 heteroatoms. The molecule has 21 heavy (non-hydrogen) atoms. The lowest BCUT2D eigenvalue weighted by Crippen LogP contribution is -2.11. The quantitative estimate of drug-likeness (QED) is 0.851. The molecule has 2 aromatic carbocycles. The molecule has 0 aliphatic rings. The Balaban J connectivity index is 1.80. The lowest BCUT2D eigenvalue weighted by atomic mass is 10.2. The molecule has 0 aliphatic carbocycles. The Kier molecular flexibility index (Phi) is 6.23. The Morgan fingerprint density at radius 2 is 1.81 bits per heavy atom. The first-order valence-corrected chi connectivity index (χ1v) is 8.56. The van der Waals surface area contributed by atoms with Crippen molar-refractivity contribution < 1.29 is 8.95 Å². The fraction of sp³-hybridized carbons (Fsp3) is 0.250. The standard InChI is InChI=1S/C16H18ClNO2S/c17-15-7-5-13(6-8-15)12-21(19)10-9-20-16-4-2-1-3-14(16)11-18/h1-8H,9-12,18H2. The lowest BCUT2D eigenvalue weighted by molar-refractivity contribution is 0.339. The Bertz CT molecular complexity index is 601. The van der Waals surface area contributed by atoms with Gasteiger partial charge in [0.2, 0.25) is 0 Å². The summed E-state index contributed by atoms with van der Waals surface area (Å²) in [6.07, 6.45) is 0. The molecule has 0 aliphatic heterocycles. The van der Waals surface area contributed by atoms with Gasteiger partial charge in [-0.25, -0.2) is 0 Å². The summed E-state index contributed by atoms with van der Waals surface area (Å²) < 4.78 is 17.7. The van der Waals surface area contributed by atoms with E-state index in [1.807, 2.05) is 48.5 Å².